The third-order valence-corrected chi connectivity index (χ3v) is 6.09. The van der Waals surface area contributed by atoms with E-state index >= 15 is 0 Å². The Bertz CT molecular complexity index is 1320. The van der Waals surface area contributed by atoms with Gasteiger partial charge >= 0.3 is 6.18 Å². The molecule has 1 aliphatic heterocycles. The molecule has 5 N–H and O–H groups in total. The number of nitrogens with zero attached hydrogens (tertiary/aromatic N) is 4. The second-order valence-electron chi connectivity index (χ2n) is 8.06. The molecule has 3 aromatic heterocycles. The van der Waals surface area contributed by atoms with Crippen molar-refractivity contribution in [2.75, 3.05) is 18.5 Å². The Labute approximate surface area is 190 Å². The van der Waals surface area contributed by atoms with E-state index in [9.17, 15) is 28.5 Å². The Morgan fingerprint density at radius 3 is 2.76 bits per heavy atom. The molecule has 4 atom stereocenters. The molecule has 0 spiro atoms. The molecule has 3 unspecified atom stereocenters. The molecule has 5 rings (SSSR count). The Kier molecular flexibility index (Phi) is 5.43. The Balaban J connectivity index is 1.42. The topological polar surface area (TPSA) is 141 Å². The van der Waals surface area contributed by atoms with Crippen LogP contribution < -0.4 is 5.32 Å². The summed E-state index contributed by atoms with van der Waals surface area (Å²) in [7, 11) is 0. The number of ether oxygens (including phenoxy) is 1. The largest absolute Gasteiger partial charge is 0.424 e. The predicted octanol–water partition coefficient (Wildman–Crippen LogP) is 1.51. The Morgan fingerprint density at radius 1 is 1.21 bits per heavy atom. The lowest BCUT2D eigenvalue weighted by molar-refractivity contribution is -0.303. The first-order valence-corrected chi connectivity index (χ1v) is 10.5. The van der Waals surface area contributed by atoms with Crippen molar-refractivity contribution in [3.8, 4) is 0 Å². The van der Waals surface area contributed by atoms with Gasteiger partial charge in [-0.2, -0.15) is 13.2 Å². The molecule has 180 valence electrons. The zero-order chi connectivity index (χ0) is 24.1. The van der Waals surface area contributed by atoms with Crippen molar-refractivity contribution in [1.29, 1.82) is 0 Å². The average Bonchev–Trinajstić information content (AvgIpc) is 3.49. The minimum absolute atomic E-state index is 0.0388. The van der Waals surface area contributed by atoms with Crippen molar-refractivity contribution >= 4 is 27.9 Å². The molecule has 1 aliphatic rings. The number of benzene rings is 1. The lowest BCUT2D eigenvalue weighted by Gasteiger charge is -2.33. The summed E-state index contributed by atoms with van der Waals surface area (Å²) in [6.45, 7) is -0.461. The number of aromatic nitrogens is 5. The van der Waals surface area contributed by atoms with Gasteiger partial charge in [0, 0.05) is 23.6 Å². The predicted molar refractivity (Wildman–Crippen MR) is 114 cm³/mol. The van der Waals surface area contributed by atoms with Crippen molar-refractivity contribution in [3.63, 3.8) is 0 Å². The molecule has 0 radical (unpaired) electrons. The Morgan fingerprint density at radius 2 is 2.00 bits per heavy atom. The van der Waals surface area contributed by atoms with Crippen LogP contribution in [0.4, 0.5) is 19.0 Å². The number of rotatable bonds is 6. The number of hydrogen-bond donors (Lipinski definition) is 5. The van der Waals surface area contributed by atoms with E-state index in [2.05, 4.69) is 25.3 Å². The van der Waals surface area contributed by atoms with E-state index in [0.29, 0.717) is 13.0 Å². The van der Waals surface area contributed by atoms with Crippen LogP contribution >= 0.6 is 0 Å². The maximum atomic E-state index is 13.8. The van der Waals surface area contributed by atoms with Gasteiger partial charge in [0.05, 0.1) is 12.9 Å². The lowest BCUT2D eigenvalue weighted by Crippen LogP contribution is -2.57. The van der Waals surface area contributed by atoms with E-state index < -0.39 is 36.8 Å². The Hall–Kier alpha value is -3.26. The number of alkyl halides is 3. The summed E-state index contributed by atoms with van der Waals surface area (Å²) in [4.78, 5) is 15.5. The lowest BCUT2D eigenvalue weighted by atomic mass is 9.93. The zero-order valence-corrected chi connectivity index (χ0v) is 17.6. The molecule has 34 heavy (non-hydrogen) atoms. The molecule has 0 aliphatic carbocycles. The van der Waals surface area contributed by atoms with E-state index in [1.165, 1.54) is 0 Å². The average molecular weight is 478 g/mol. The van der Waals surface area contributed by atoms with Crippen LogP contribution in [-0.4, -0.2) is 77.0 Å². The number of nitrogens with one attached hydrogen (secondary N) is 2. The maximum Gasteiger partial charge on any atom is 0.424 e. The maximum absolute atomic E-state index is 13.8. The monoisotopic (exact) mass is 478 g/mol. The molecule has 4 heterocycles. The summed E-state index contributed by atoms with van der Waals surface area (Å²) in [5.74, 6) is 0.288. The zero-order valence-electron chi connectivity index (χ0n) is 17.6. The van der Waals surface area contributed by atoms with Gasteiger partial charge in [0.15, 0.2) is 23.2 Å². The smallest absolute Gasteiger partial charge is 0.394 e. The van der Waals surface area contributed by atoms with Crippen LogP contribution in [0.1, 0.15) is 11.8 Å². The molecule has 13 heteroatoms. The number of hydrogen-bond acceptors (Lipinski definition) is 8. The van der Waals surface area contributed by atoms with Gasteiger partial charge in [-0.3, -0.25) is 4.57 Å². The summed E-state index contributed by atoms with van der Waals surface area (Å²) < 4.78 is 47.4. The van der Waals surface area contributed by atoms with Gasteiger partial charge in [-0.15, -0.1) is 0 Å². The molecular formula is C21H21F3N6O4. The van der Waals surface area contributed by atoms with Crippen LogP contribution in [0.5, 0.6) is 0 Å². The van der Waals surface area contributed by atoms with Gasteiger partial charge in [0.2, 0.25) is 5.60 Å². The first-order chi connectivity index (χ1) is 16.3. The van der Waals surface area contributed by atoms with Crippen molar-refractivity contribution in [2.45, 2.75) is 36.6 Å². The quantitative estimate of drug-likeness (QED) is 0.281. The van der Waals surface area contributed by atoms with Crippen LogP contribution in [0.15, 0.2) is 43.1 Å². The molecule has 0 saturated carbocycles. The normalized spacial score (nSPS) is 25.4. The highest BCUT2D eigenvalue weighted by Gasteiger charge is 2.70. The fourth-order valence-electron chi connectivity index (χ4n) is 4.31. The summed E-state index contributed by atoms with van der Waals surface area (Å²) in [6, 6.07) is 7.85. The highest BCUT2D eigenvalue weighted by Crippen LogP contribution is 2.49. The minimum atomic E-state index is -5.26. The van der Waals surface area contributed by atoms with Crippen molar-refractivity contribution < 1.29 is 33.2 Å². The third kappa shape index (κ3) is 3.39. The van der Waals surface area contributed by atoms with E-state index in [4.69, 9.17) is 4.74 Å². The molecular weight excluding hydrogens is 457 g/mol. The number of aromatic amines is 1. The van der Waals surface area contributed by atoms with Crippen molar-refractivity contribution in [1.82, 2.24) is 24.5 Å². The number of aliphatic hydroxyl groups excluding tert-OH is 2. The van der Waals surface area contributed by atoms with Crippen molar-refractivity contribution in [2.24, 2.45) is 0 Å². The first-order valence-electron chi connectivity index (χ1n) is 10.5. The number of para-hydroxylation sites is 1. The van der Waals surface area contributed by atoms with E-state index in [1.807, 2.05) is 30.5 Å². The van der Waals surface area contributed by atoms with Crippen LogP contribution in [0.2, 0.25) is 0 Å². The molecule has 0 bridgehead atoms. The molecule has 1 aromatic carbocycles. The molecule has 10 nitrogen and oxygen atoms in total. The van der Waals surface area contributed by atoms with E-state index in [1.54, 1.807) is 0 Å². The first kappa shape index (κ1) is 22.5. The number of imidazole rings is 1. The fourth-order valence-corrected chi connectivity index (χ4v) is 4.31. The summed E-state index contributed by atoms with van der Waals surface area (Å²) in [5.41, 5.74) is -1.46. The highest BCUT2D eigenvalue weighted by molar-refractivity contribution is 5.84. The minimum Gasteiger partial charge on any atom is -0.394 e. The summed E-state index contributed by atoms with van der Waals surface area (Å²) in [5, 5.41) is 34.1. The molecule has 1 fully saturated rings. The van der Waals surface area contributed by atoms with Gasteiger partial charge < -0.3 is 30.4 Å². The molecule has 0 amide bonds. The number of aliphatic hydroxyl groups is 3. The number of halogens is 3. The van der Waals surface area contributed by atoms with Crippen LogP contribution in [-0.2, 0) is 11.2 Å². The molecule has 1 saturated heterocycles. The van der Waals surface area contributed by atoms with Gasteiger partial charge in [-0.25, -0.2) is 15.0 Å². The second-order valence-corrected chi connectivity index (χ2v) is 8.06. The number of H-pyrrole nitrogens is 1. The number of fused-ring (bicyclic) bond motifs is 2. The van der Waals surface area contributed by atoms with Crippen LogP contribution in [0, 0.1) is 0 Å². The van der Waals surface area contributed by atoms with Gasteiger partial charge in [-0.05, 0) is 18.1 Å². The van der Waals surface area contributed by atoms with Crippen molar-refractivity contribution in [3.05, 3.63) is 48.7 Å². The number of anilines is 1. The standard InChI is InChI=1S/C21H21F3N6O4/c22-21(23,24)20(33)16(32)14(8-31)34-19(20)30-10-29-15-17(27-9-28-18(15)30)25-6-5-11-7-26-13-4-2-1-3-12(11)13/h1-4,7,9-10,14,16,19,26,31-33H,5-6,8H2,(H,25,27,28)/t14?,16?,19?,20-/m1/s1. The third-order valence-electron chi connectivity index (χ3n) is 6.09. The van der Waals surface area contributed by atoms with Crippen LogP contribution in [0.25, 0.3) is 22.1 Å². The van der Waals surface area contributed by atoms with E-state index in [-0.39, 0.29) is 17.0 Å². The highest BCUT2D eigenvalue weighted by atomic mass is 19.4. The fraction of sp³-hybridized carbons (Fsp3) is 0.381. The van der Waals surface area contributed by atoms with Gasteiger partial charge in [-0.1, -0.05) is 18.2 Å². The van der Waals surface area contributed by atoms with Crippen LogP contribution in [0.3, 0.4) is 0 Å². The molecule has 4 aromatic rings. The summed E-state index contributed by atoms with van der Waals surface area (Å²) in [6.07, 6.45) is -6.70. The van der Waals surface area contributed by atoms with Gasteiger partial charge in [0.25, 0.3) is 0 Å². The summed E-state index contributed by atoms with van der Waals surface area (Å²) >= 11 is 0. The van der Waals surface area contributed by atoms with E-state index in [0.717, 1.165) is 33.7 Å². The SMILES string of the molecule is OCC1OC(n2cnc3c(NCCc4c[nH]c5ccccc45)ncnc32)[C@@](O)(C(F)(F)F)C1O. The van der Waals surface area contributed by atoms with Gasteiger partial charge in [0.1, 0.15) is 18.5 Å². The second kappa shape index (κ2) is 8.20.